The summed E-state index contributed by atoms with van der Waals surface area (Å²) in [6, 6.07) is 0. The molecule has 0 aromatic heterocycles. The van der Waals surface area contributed by atoms with E-state index in [1.54, 1.807) is 0 Å². The molecule has 2 heteroatoms. The summed E-state index contributed by atoms with van der Waals surface area (Å²) in [6.07, 6.45) is 15.0. The van der Waals surface area contributed by atoms with Gasteiger partial charge in [-0.1, -0.05) is 52.4 Å². The monoisotopic (exact) mass is 245 g/mol. The van der Waals surface area contributed by atoms with Crippen LogP contribution < -0.4 is 18.9 Å². The number of nitrogens with zero attached hydrogens (tertiary/aromatic N) is 1. The molecule has 0 spiro atoms. The van der Waals surface area contributed by atoms with Crippen molar-refractivity contribution in [2.75, 3.05) is 19.6 Å². The summed E-state index contributed by atoms with van der Waals surface area (Å²) in [5, 5.41) is 0. The molecule has 1 nitrogen and oxygen atoms in total. The largest absolute Gasteiger partial charge is 1.00 e. The minimum absolute atomic E-state index is 0. The van der Waals surface area contributed by atoms with Crippen molar-refractivity contribution in [1.29, 1.82) is 0 Å². The Kier molecular flexibility index (Phi) is 19.5. The van der Waals surface area contributed by atoms with Crippen molar-refractivity contribution in [3.05, 3.63) is 19.1 Å². The van der Waals surface area contributed by atoms with Crippen molar-refractivity contribution in [2.24, 2.45) is 0 Å². The smallest absolute Gasteiger partial charge is 0.316 e. The minimum atomic E-state index is 0. The standard InChI is InChI=1S/C16H32N.Li/c1-4-7-10-12-15-17(14-9-6-3)16-13-11-8-5-2;/h6,9H,3-5,7-8,10-16H2,1-2H3;/q-1;+1/b9-6+;. The Balaban J connectivity index is 0. The van der Waals surface area contributed by atoms with Gasteiger partial charge >= 0.3 is 18.9 Å². The van der Waals surface area contributed by atoms with Crippen LogP contribution in [0.3, 0.4) is 0 Å². The summed E-state index contributed by atoms with van der Waals surface area (Å²) in [7, 11) is 0. The van der Waals surface area contributed by atoms with E-state index >= 15 is 0 Å². The predicted molar refractivity (Wildman–Crippen MR) is 79.2 cm³/mol. The fraction of sp³-hybridized carbons (Fsp3) is 0.812. The molecule has 0 atom stereocenters. The van der Waals surface area contributed by atoms with Gasteiger partial charge in [0.25, 0.3) is 0 Å². The van der Waals surface area contributed by atoms with Crippen molar-refractivity contribution in [3.8, 4) is 0 Å². The average molecular weight is 245 g/mol. The first kappa shape index (κ1) is 20.5. The molecule has 0 amide bonds. The SMILES string of the molecule is [CH2-]/C=C/CN(CCCCCC)CCCCCC.[Li+]. The van der Waals surface area contributed by atoms with Crippen LogP contribution in [0.5, 0.6) is 0 Å². The average Bonchev–Trinajstić information content (AvgIpc) is 2.35. The van der Waals surface area contributed by atoms with Crippen LogP contribution in [0.25, 0.3) is 0 Å². The summed E-state index contributed by atoms with van der Waals surface area (Å²) < 4.78 is 0. The van der Waals surface area contributed by atoms with Crippen molar-refractivity contribution < 1.29 is 18.9 Å². The fourth-order valence-electron chi connectivity index (χ4n) is 2.04. The van der Waals surface area contributed by atoms with E-state index in [9.17, 15) is 0 Å². The van der Waals surface area contributed by atoms with E-state index in [2.05, 4.69) is 31.7 Å². The maximum atomic E-state index is 3.77. The predicted octanol–water partition coefficient (Wildman–Crippen LogP) is 1.84. The van der Waals surface area contributed by atoms with Gasteiger partial charge in [-0.05, 0) is 32.5 Å². The molecule has 102 valence electrons. The Morgan fingerprint density at radius 1 is 0.833 bits per heavy atom. The quantitative estimate of drug-likeness (QED) is 0.288. The third kappa shape index (κ3) is 14.2. The molecule has 0 saturated carbocycles. The van der Waals surface area contributed by atoms with Gasteiger partial charge in [0.2, 0.25) is 0 Å². The zero-order chi connectivity index (χ0) is 12.8. The van der Waals surface area contributed by atoms with Crippen LogP contribution in [0.4, 0.5) is 0 Å². The molecule has 0 saturated heterocycles. The molecular weight excluding hydrogens is 213 g/mol. The summed E-state index contributed by atoms with van der Waals surface area (Å²) in [6.45, 7) is 11.9. The van der Waals surface area contributed by atoms with Gasteiger partial charge in [-0.2, -0.15) is 0 Å². The summed E-state index contributed by atoms with van der Waals surface area (Å²) >= 11 is 0. The third-order valence-corrected chi connectivity index (χ3v) is 3.19. The van der Waals surface area contributed by atoms with Crippen LogP contribution in [0.1, 0.15) is 65.2 Å². The molecule has 0 radical (unpaired) electrons. The van der Waals surface area contributed by atoms with Gasteiger partial charge in [-0.15, -0.1) is 0 Å². The Morgan fingerprint density at radius 3 is 1.72 bits per heavy atom. The van der Waals surface area contributed by atoms with Gasteiger partial charge in [0.1, 0.15) is 0 Å². The van der Waals surface area contributed by atoms with Crippen LogP contribution in [0.2, 0.25) is 0 Å². The van der Waals surface area contributed by atoms with E-state index in [-0.39, 0.29) is 18.9 Å². The van der Waals surface area contributed by atoms with Crippen molar-refractivity contribution in [1.82, 2.24) is 4.90 Å². The molecule has 0 rings (SSSR count). The Bertz CT molecular complexity index is 156. The van der Waals surface area contributed by atoms with E-state index in [0.717, 1.165) is 6.54 Å². The van der Waals surface area contributed by atoms with Gasteiger partial charge in [-0.3, -0.25) is 0 Å². The third-order valence-electron chi connectivity index (χ3n) is 3.19. The molecule has 0 N–H and O–H groups in total. The van der Waals surface area contributed by atoms with E-state index in [1.807, 2.05) is 6.08 Å². The summed E-state index contributed by atoms with van der Waals surface area (Å²) in [5.74, 6) is 0. The van der Waals surface area contributed by atoms with E-state index < -0.39 is 0 Å². The fourth-order valence-corrected chi connectivity index (χ4v) is 2.04. The van der Waals surface area contributed by atoms with E-state index in [1.165, 1.54) is 64.5 Å². The molecule has 0 heterocycles. The van der Waals surface area contributed by atoms with Gasteiger partial charge in [0, 0.05) is 0 Å². The number of hydrogen-bond acceptors (Lipinski definition) is 1. The van der Waals surface area contributed by atoms with Gasteiger partial charge in [-0.25, -0.2) is 19.1 Å². The second-order valence-electron chi connectivity index (χ2n) is 4.89. The summed E-state index contributed by atoms with van der Waals surface area (Å²) in [4.78, 5) is 2.58. The second kappa shape index (κ2) is 17.2. The number of rotatable bonds is 12. The maximum Gasteiger partial charge on any atom is 1.00 e. The van der Waals surface area contributed by atoms with E-state index in [0.29, 0.717) is 0 Å². The second-order valence-corrected chi connectivity index (χ2v) is 4.89. The zero-order valence-electron chi connectivity index (χ0n) is 13.1. The normalized spacial score (nSPS) is 11.1. The molecule has 18 heavy (non-hydrogen) atoms. The van der Waals surface area contributed by atoms with Gasteiger partial charge in [0.15, 0.2) is 0 Å². The molecule has 0 aliphatic carbocycles. The van der Waals surface area contributed by atoms with Gasteiger partial charge < -0.3 is 4.90 Å². The van der Waals surface area contributed by atoms with Crippen molar-refractivity contribution in [3.63, 3.8) is 0 Å². The maximum absolute atomic E-state index is 3.77. The molecule has 0 aromatic carbocycles. The molecule has 0 bridgehead atoms. The van der Waals surface area contributed by atoms with Crippen molar-refractivity contribution in [2.45, 2.75) is 65.2 Å². The number of allylic oxidation sites excluding steroid dienone is 1. The first-order valence-electron chi connectivity index (χ1n) is 7.51. The van der Waals surface area contributed by atoms with E-state index in [4.69, 9.17) is 0 Å². The van der Waals surface area contributed by atoms with Crippen LogP contribution in [-0.2, 0) is 0 Å². The first-order valence-corrected chi connectivity index (χ1v) is 7.51. The Labute approximate surface area is 128 Å². The number of unbranched alkanes of at least 4 members (excludes halogenated alkanes) is 6. The first-order chi connectivity index (χ1) is 8.35. The topological polar surface area (TPSA) is 3.24 Å². The molecular formula is C16H32LiN. The minimum Gasteiger partial charge on any atom is -0.316 e. The van der Waals surface area contributed by atoms with Gasteiger partial charge in [0.05, 0.1) is 0 Å². The van der Waals surface area contributed by atoms with Crippen LogP contribution in [0, 0.1) is 6.92 Å². The van der Waals surface area contributed by atoms with Crippen molar-refractivity contribution >= 4 is 0 Å². The molecule has 0 aliphatic rings. The Hall–Kier alpha value is 0.167. The van der Waals surface area contributed by atoms with Crippen LogP contribution >= 0.6 is 0 Å². The molecule has 0 fully saturated rings. The number of hydrogen-bond donors (Lipinski definition) is 0. The molecule has 0 unspecified atom stereocenters. The van der Waals surface area contributed by atoms with Crippen LogP contribution in [-0.4, -0.2) is 24.5 Å². The molecule has 0 aromatic rings. The van der Waals surface area contributed by atoms with Crippen LogP contribution in [0.15, 0.2) is 12.2 Å². The zero-order valence-corrected chi connectivity index (χ0v) is 13.1. The molecule has 0 aliphatic heterocycles. The Morgan fingerprint density at radius 2 is 1.33 bits per heavy atom. The summed E-state index contributed by atoms with van der Waals surface area (Å²) in [5.41, 5.74) is 0.